The fourth-order valence-electron chi connectivity index (χ4n) is 3.49. The number of sulfonamides is 1. The third kappa shape index (κ3) is 4.38. The van der Waals surface area contributed by atoms with E-state index in [-0.39, 0.29) is 28.6 Å². The summed E-state index contributed by atoms with van der Waals surface area (Å²) in [4.78, 5) is 26.4. The highest BCUT2D eigenvalue weighted by molar-refractivity contribution is 7.92. The van der Waals surface area contributed by atoms with Crippen LogP contribution < -0.4 is 9.60 Å². The van der Waals surface area contributed by atoms with Gasteiger partial charge in [-0.05, 0) is 55.3 Å². The molecule has 0 aliphatic carbocycles. The molecular formula is C20H20ClN3O4S2. The SMILES string of the molecule is O=C(CCn1c(=O)sc2cc(S(=O)(=O)Nc3ccc(Cl)cc3)ccc21)N1CCCC1. The second-order valence-electron chi connectivity index (χ2n) is 7.10. The van der Waals surface area contributed by atoms with Gasteiger partial charge in [0.25, 0.3) is 10.0 Å². The number of rotatable bonds is 6. The molecule has 1 amide bonds. The van der Waals surface area contributed by atoms with E-state index in [2.05, 4.69) is 4.72 Å². The van der Waals surface area contributed by atoms with Crippen LogP contribution in [0.1, 0.15) is 19.3 Å². The molecule has 30 heavy (non-hydrogen) atoms. The van der Waals surface area contributed by atoms with Crippen molar-refractivity contribution < 1.29 is 13.2 Å². The summed E-state index contributed by atoms with van der Waals surface area (Å²) in [6.45, 7) is 1.84. The number of likely N-dealkylation sites (tertiary alicyclic amines) is 1. The molecular weight excluding hydrogens is 446 g/mol. The molecule has 158 valence electrons. The number of aryl methyl sites for hydroxylation is 1. The van der Waals surface area contributed by atoms with Crippen molar-refractivity contribution in [3.8, 4) is 0 Å². The third-order valence-corrected chi connectivity index (χ3v) is 7.63. The van der Waals surface area contributed by atoms with Crippen LogP contribution in [0.5, 0.6) is 0 Å². The zero-order chi connectivity index (χ0) is 21.3. The van der Waals surface area contributed by atoms with E-state index in [0.29, 0.717) is 20.9 Å². The van der Waals surface area contributed by atoms with E-state index in [4.69, 9.17) is 11.6 Å². The van der Waals surface area contributed by atoms with E-state index in [9.17, 15) is 18.0 Å². The van der Waals surface area contributed by atoms with Gasteiger partial charge in [0.05, 0.1) is 15.1 Å². The number of benzene rings is 2. The summed E-state index contributed by atoms with van der Waals surface area (Å²) in [6, 6.07) is 10.9. The predicted octanol–water partition coefficient (Wildman–Crippen LogP) is 3.53. The van der Waals surface area contributed by atoms with E-state index >= 15 is 0 Å². The van der Waals surface area contributed by atoms with E-state index in [1.54, 1.807) is 30.3 Å². The average molecular weight is 466 g/mol. The number of carbonyl (C=O) groups is 1. The summed E-state index contributed by atoms with van der Waals surface area (Å²) in [7, 11) is -3.82. The molecule has 2 heterocycles. The molecule has 0 spiro atoms. The van der Waals surface area contributed by atoms with Crippen molar-refractivity contribution in [2.24, 2.45) is 0 Å². The molecule has 3 aromatic rings. The molecule has 1 aromatic heterocycles. The molecule has 1 aliphatic rings. The lowest BCUT2D eigenvalue weighted by atomic mass is 10.3. The number of nitrogens with zero attached hydrogens (tertiary/aromatic N) is 2. The minimum Gasteiger partial charge on any atom is -0.343 e. The maximum atomic E-state index is 12.7. The second-order valence-corrected chi connectivity index (χ2v) is 10.2. The highest BCUT2D eigenvalue weighted by atomic mass is 35.5. The van der Waals surface area contributed by atoms with E-state index in [1.807, 2.05) is 4.90 Å². The number of hydrogen-bond donors (Lipinski definition) is 1. The van der Waals surface area contributed by atoms with Gasteiger partial charge in [-0.15, -0.1) is 0 Å². The van der Waals surface area contributed by atoms with Gasteiger partial charge in [0.15, 0.2) is 0 Å². The van der Waals surface area contributed by atoms with Crippen molar-refractivity contribution in [3.05, 3.63) is 57.2 Å². The quantitative estimate of drug-likeness (QED) is 0.603. The average Bonchev–Trinajstić information content (AvgIpc) is 3.35. The minimum atomic E-state index is -3.82. The van der Waals surface area contributed by atoms with Crippen molar-refractivity contribution in [3.63, 3.8) is 0 Å². The highest BCUT2D eigenvalue weighted by Crippen LogP contribution is 2.24. The molecule has 0 saturated carbocycles. The monoisotopic (exact) mass is 465 g/mol. The topological polar surface area (TPSA) is 88.5 Å². The van der Waals surface area contributed by atoms with Crippen molar-refractivity contribution in [1.29, 1.82) is 0 Å². The maximum Gasteiger partial charge on any atom is 0.308 e. The second kappa shape index (κ2) is 8.41. The summed E-state index contributed by atoms with van der Waals surface area (Å²) in [6.07, 6.45) is 2.30. The number of anilines is 1. The van der Waals surface area contributed by atoms with Crippen LogP contribution >= 0.6 is 22.9 Å². The molecule has 0 bridgehead atoms. The van der Waals surface area contributed by atoms with Crippen molar-refractivity contribution >= 4 is 54.8 Å². The van der Waals surface area contributed by atoms with Gasteiger partial charge in [-0.25, -0.2) is 8.42 Å². The molecule has 1 N–H and O–H groups in total. The van der Waals surface area contributed by atoms with Crippen LogP contribution in [0, 0.1) is 0 Å². The minimum absolute atomic E-state index is 0.0464. The van der Waals surface area contributed by atoms with Gasteiger partial charge < -0.3 is 4.90 Å². The van der Waals surface area contributed by atoms with Gasteiger partial charge in [0, 0.05) is 36.8 Å². The molecule has 1 aliphatic heterocycles. The van der Waals surface area contributed by atoms with Crippen molar-refractivity contribution in [1.82, 2.24) is 9.47 Å². The summed E-state index contributed by atoms with van der Waals surface area (Å²) in [5, 5.41) is 0.508. The van der Waals surface area contributed by atoms with Crippen molar-refractivity contribution in [2.45, 2.75) is 30.7 Å². The van der Waals surface area contributed by atoms with Crippen molar-refractivity contribution in [2.75, 3.05) is 17.8 Å². The predicted molar refractivity (Wildman–Crippen MR) is 119 cm³/mol. The summed E-state index contributed by atoms with van der Waals surface area (Å²) >= 11 is 6.81. The first-order valence-electron chi connectivity index (χ1n) is 9.53. The largest absolute Gasteiger partial charge is 0.343 e. The lowest BCUT2D eigenvalue weighted by Gasteiger charge is -2.15. The zero-order valence-electron chi connectivity index (χ0n) is 16.0. The van der Waals surface area contributed by atoms with Gasteiger partial charge >= 0.3 is 4.87 Å². The fourth-order valence-corrected chi connectivity index (χ4v) is 5.73. The maximum absolute atomic E-state index is 12.7. The standard InChI is InChI=1S/C20H20ClN3O4S2/c21-14-3-5-15(6-4-14)22-30(27,28)16-7-8-17-18(13-16)29-20(26)24(17)12-9-19(25)23-10-1-2-11-23/h3-8,13,22H,1-2,9-12H2. The molecule has 2 aromatic carbocycles. The normalized spacial score (nSPS) is 14.4. The number of aromatic nitrogens is 1. The Labute approximate surface area is 182 Å². The fraction of sp³-hybridized carbons (Fsp3) is 0.300. The number of thiazole rings is 1. The van der Waals surface area contributed by atoms with Gasteiger partial charge in [-0.1, -0.05) is 22.9 Å². The van der Waals surface area contributed by atoms with Crippen LogP contribution in [0.15, 0.2) is 52.2 Å². The summed E-state index contributed by atoms with van der Waals surface area (Å²) in [5.41, 5.74) is 1.02. The molecule has 0 radical (unpaired) electrons. The number of fused-ring (bicyclic) bond motifs is 1. The van der Waals surface area contributed by atoms with Gasteiger partial charge in [-0.2, -0.15) is 0 Å². The van der Waals surface area contributed by atoms with Gasteiger partial charge in [0.2, 0.25) is 5.91 Å². The smallest absolute Gasteiger partial charge is 0.308 e. The molecule has 4 rings (SSSR count). The van der Waals surface area contributed by atoms with Gasteiger partial charge in [0.1, 0.15) is 0 Å². The zero-order valence-corrected chi connectivity index (χ0v) is 18.4. The Bertz CT molecular complexity index is 1240. The summed E-state index contributed by atoms with van der Waals surface area (Å²) < 4.78 is 30.0. The number of hydrogen-bond acceptors (Lipinski definition) is 5. The lowest BCUT2D eigenvalue weighted by Crippen LogP contribution is -2.29. The number of amides is 1. The molecule has 0 atom stereocenters. The molecule has 10 heteroatoms. The van der Waals surface area contributed by atoms with Crippen LogP contribution in [-0.4, -0.2) is 36.9 Å². The number of nitrogens with one attached hydrogen (secondary N) is 1. The van der Waals surface area contributed by atoms with Crippen LogP contribution in [0.4, 0.5) is 5.69 Å². The first kappa shape index (κ1) is 20.9. The number of halogens is 1. The molecule has 1 saturated heterocycles. The molecule has 7 nitrogen and oxygen atoms in total. The van der Waals surface area contributed by atoms with Crippen LogP contribution in [0.2, 0.25) is 5.02 Å². The van der Waals surface area contributed by atoms with Gasteiger partial charge in [-0.3, -0.25) is 18.9 Å². The van der Waals surface area contributed by atoms with E-state index < -0.39 is 10.0 Å². The Morgan fingerprint density at radius 3 is 2.50 bits per heavy atom. The first-order valence-corrected chi connectivity index (χ1v) is 12.2. The Hall–Kier alpha value is -2.36. The molecule has 1 fully saturated rings. The highest BCUT2D eigenvalue weighted by Gasteiger charge is 2.20. The van der Waals surface area contributed by atoms with Crippen LogP contribution in [-0.2, 0) is 21.4 Å². The summed E-state index contributed by atoms with van der Waals surface area (Å²) in [5.74, 6) is 0.0464. The van der Waals surface area contributed by atoms with E-state index in [0.717, 1.165) is 37.3 Å². The number of carbonyl (C=O) groups excluding carboxylic acids is 1. The first-order chi connectivity index (χ1) is 14.3. The Morgan fingerprint density at radius 2 is 1.80 bits per heavy atom. The molecule has 0 unspecified atom stereocenters. The lowest BCUT2D eigenvalue weighted by molar-refractivity contribution is -0.130. The van der Waals surface area contributed by atoms with Crippen LogP contribution in [0.3, 0.4) is 0 Å². The van der Waals surface area contributed by atoms with E-state index in [1.165, 1.54) is 16.7 Å². The Balaban J connectivity index is 1.55. The van der Waals surface area contributed by atoms with Crippen LogP contribution in [0.25, 0.3) is 10.2 Å². The Morgan fingerprint density at radius 1 is 1.10 bits per heavy atom. The third-order valence-electron chi connectivity index (χ3n) is 5.05. The Kier molecular flexibility index (Phi) is 5.86.